The first-order chi connectivity index (χ1) is 16.6. The smallest absolute Gasteiger partial charge is 0.228 e. The molecule has 8 nitrogen and oxygen atoms in total. The summed E-state index contributed by atoms with van der Waals surface area (Å²) in [5, 5.41) is 10.5. The van der Waals surface area contributed by atoms with E-state index in [9.17, 15) is 4.79 Å². The van der Waals surface area contributed by atoms with Gasteiger partial charge >= 0.3 is 0 Å². The zero-order valence-corrected chi connectivity index (χ0v) is 19.8. The standard InChI is InChI=1S/C25H27N7OS/c1-2-7-21(31-26)28-22-17-23(32-14-6-15-32)30-25(29-22)34-20-12-10-19(11-13-20)27-24(33)16-18-8-4-3-5-9-18/h2-5,7-13,17H,6,14-16,26H2,1H3,(H,27,33)(H,28,29,30,31)/b7-2+. The molecule has 1 aliphatic heterocycles. The lowest BCUT2D eigenvalue weighted by Crippen LogP contribution is -2.37. The molecule has 1 amide bonds. The Labute approximate surface area is 203 Å². The number of amides is 1. The van der Waals surface area contributed by atoms with Gasteiger partial charge in [0.25, 0.3) is 0 Å². The monoisotopic (exact) mass is 473 g/mol. The number of nitrogens with two attached hydrogens (primary N) is 1. The maximum Gasteiger partial charge on any atom is 0.228 e. The highest BCUT2D eigenvalue weighted by atomic mass is 32.2. The lowest BCUT2D eigenvalue weighted by molar-refractivity contribution is -0.115. The molecule has 0 bridgehead atoms. The zero-order chi connectivity index (χ0) is 23.8. The van der Waals surface area contributed by atoms with Crippen molar-refractivity contribution in [2.24, 2.45) is 10.9 Å². The van der Waals surface area contributed by atoms with E-state index in [1.807, 2.05) is 73.7 Å². The van der Waals surface area contributed by atoms with Crippen molar-refractivity contribution in [3.8, 4) is 0 Å². The molecule has 4 N–H and O–H groups in total. The third-order valence-electron chi connectivity index (χ3n) is 5.15. The minimum Gasteiger partial charge on any atom is -0.356 e. The number of nitrogens with one attached hydrogen (secondary N) is 2. The van der Waals surface area contributed by atoms with E-state index in [1.54, 1.807) is 6.08 Å². The van der Waals surface area contributed by atoms with Gasteiger partial charge in [-0.05, 0) is 61.0 Å². The Kier molecular flexibility index (Phi) is 7.77. The summed E-state index contributed by atoms with van der Waals surface area (Å²) in [4.78, 5) is 24.8. The molecule has 0 saturated carbocycles. The minimum atomic E-state index is -0.0496. The van der Waals surface area contributed by atoms with Gasteiger partial charge in [-0.1, -0.05) is 36.4 Å². The quantitative estimate of drug-likeness (QED) is 0.147. The summed E-state index contributed by atoms with van der Waals surface area (Å²) in [6.07, 6.45) is 5.13. The van der Waals surface area contributed by atoms with Crippen LogP contribution in [0, 0.1) is 0 Å². The van der Waals surface area contributed by atoms with Crippen LogP contribution in [0.5, 0.6) is 0 Å². The van der Waals surface area contributed by atoms with Crippen LogP contribution < -0.4 is 21.4 Å². The number of amidine groups is 1. The highest BCUT2D eigenvalue weighted by Crippen LogP contribution is 2.30. The lowest BCUT2D eigenvalue weighted by Gasteiger charge is -2.32. The van der Waals surface area contributed by atoms with E-state index in [2.05, 4.69) is 25.6 Å². The molecular formula is C25H27N7OS. The van der Waals surface area contributed by atoms with Crippen LogP contribution >= 0.6 is 11.8 Å². The van der Waals surface area contributed by atoms with Crippen molar-refractivity contribution >= 4 is 40.8 Å². The molecule has 34 heavy (non-hydrogen) atoms. The maximum atomic E-state index is 12.3. The van der Waals surface area contributed by atoms with Crippen LogP contribution in [-0.4, -0.2) is 34.8 Å². The number of hydrazone groups is 1. The average molecular weight is 474 g/mol. The Morgan fingerprint density at radius 1 is 1.12 bits per heavy atom. The molecule has 0 radical (unpaired) electrons. The van der Waals surface area contributed by atoms with Gasteiger partial charge in [0.15, 0.2) is 11.0 Å². The van der Waals surface area contributed by atoms with Crippen LogP contribution in [0.15, 0.2) is 88.0 Å². The highest BCUT2D eigenvalue weighted by Gasteiger charge is 2.18. The van der Waals surface area contributed by atoms with Crippen molar-refractivity contribution in [2.75, 3.05) is 28.6 Å². The van der Waals surface area contributed by atoms with Crippen molar-refractivity contribution in [1.82, 2.24) is 9.97 Å². The topological polar surface area (TPSA) is 109 Å². The molecular weight excluding hydrogens is 446 g/mol. The third kappa shape index (κ3) is 6.35. The van der Waals surface area contributed by atoms with Crippen LogP contribution in [0.3, 0.4) is 0 Å². The first-order valence-corrected chi connectivity index (χ1v) is 11.9. The van der Waals surface area contributed by atoms with Crippen molar-refractivity contribution in [3.63, 3.8) is 0 Å². The third-order valence-corrected chi connectivity index (χ3v) is 6.02. The van der Waals surface area contributed by atoms with E-state index < -0.39 is 0 Å². The van der Waals surface area contributed by atoms with E-state index >= 15 is 0 Å². The first kappa shape index (κ1) is 23.3. The van der Waals surface area contributed by atoms with Gasteiger partial charge in [0, 0.05) is 29.7 Å². The minimum absolute atomic E-state index is 0.0496. The highest BCUT2D eigenvalue weighted by molar-refractivity contribution is 7.99. The fraction of sp³-hybridized carbons (Fsp3) is 0.200. The van der Waals surface area contributed by atoms with Crippen molar-refractivity contribution in [2.45, 2.75) is 29.8 Å². The number of aromatic nitrogens is 2. The summed E-state index contributed by atoms with van der Waals surface area (Å²) in [7, 11) is 0. The molecule has 174 valence electrons. The molecule has 3 aromatic rings. The summed E-state index contributed by atoms with van der Waals surface area (Å²) in [6, 6.07) is 19.2. The van der Waals surface area contributed by atoms with Crippen LogP contribution in [0.1, 0.15) is 18.9 Å². The van der Waals surface area contributed by atoms with Gasteiger partial charge in [0.05, 0.1) is 6.42 Å². The zero-order valence-electron chi connectivity index (χ0n) is 18.9. The number of hydrogen-bond acceptors (Lipinski definition) is 7. The van der Waals surface area contributed by atoms with Gasteiger partial charge in [-0.3, -0.25) is 4.79 Å². The normalized spacial score (nSPS) is 13.6. The largest absolute Gasteiger partial charge is 0.356 e. The number of anilines is 3. The van der Waals surface area contributed by atoms with Crippen molar-refractivity contribution in [3.05, 3.63) is 78.4 Å². The van der Waals surface area contributed by atoms with Crippen LogP contribution in [0.25, 0.3) is 0 Å². The van der Waals surface area contributed by atoms with E-state index in [0.29, 0.717) is 23.2 Å². The molecule has 2 heterocycles. The fourth-order valence-corrected chi connectivity index (χ4v) is 4.10. The predicted octanol–water partition coefficient (Wildman–Crippen LogP) is 4.28. The van der Waals surface area contributed by atoms with Gasteiger partial charge in [-0.25, -0.2) is 9.97 Å². The average Bonchev–Trinajstić information content (AvgIpc) is 2.79. The van der Waals surface area contributed by atoms with Gasteiger partial charge in [0.1, 0.15) is 11.6 Å². The molecule has 2 aromatic carbocycles. The molecule has 1 fully saturated rings. The summed E-state index contributed by atoms with van der Waals surface area (Å²) in [5.41, 5.74) is 1.73. The number of hydrogen-bond donors (Lipinski definition) is 3. The van der Waals surface area contributed by atoms with Gasteiger partial charge in [0.2, 0.25) is 5.91 Å². The van der Waals surface area contributed by atoms with E-state index in [-0.39, 0.29) is 5.91 Å². The molecule has 0 unspecified atom stereocenters. The summed E-state index contributed by atoms with van der Waals surface area (Å²) >= 11 is 1.46. The Balaban J connectivity index is 1.44. The van der Waals surface area contributed by atoms with Crippen LogP contribution in [0.2, 0.25) is 0 Å². The summed E-state index contributed by atoms with van der Waals surface area (Å²) < 4.78 is 0. The van der Waals surface area contributed by atoms with Crippen LogP contribution in [-0.2, 0) is 11.2 Å². The number of carbonyl (C=O) groups is 1. The molecule has 1 aliphatic rings. The number of nitrogens with zero attached hydrogens (tertiary/aromatic N) is 4. The Morgan fingerprint density at radius 2 is 1.88 bits per heavy atom. The van der Waals surface area contributed by atoms with Crippen molar-refractivity contribution < 1.29 is 4.79 Å². The van der Waals surface area contributed by atoms with E-state index in [0.717, 1.165) is 41.5 Å². The van der Waals surface area contributed by atoms with Gasteiger partial charge in [-0.15, -0.1) is 0 Å². The molecule has 0 spiro atoms. The van der Waals surface area contributed by atoms with Gasteiger partial charge in [-0.2, -0.15) is 5.10 Å². The molecule has 4 rings (SSSR count). The first-order valence-electron chi connectivity index (χ1n) is 11.1. The predicted molar refractivity (Wildman–Crippen MR) is 138 cm³/mol. The summed E-state index contributed by atoms with van der Waals surface area (Å²) in [5.74, 6) is 7.45. The second kappa shape index (κ2) is 11.3. The SMILES string of the molecule is C/C=C/C(=N\N)Nc1cc(N2CCC2)nc(Sc2ccc(NC(=O)Cc3ccccc3)cc2)n1. The number of benzene rings is 2. The molecule has 9 heteroatoms. The lowest BCUT2D eigenvalue weighted by atomic mass is 10.1. The molecule has 1 saturated heterocycles. The van der Waals surface area contributed by atoms with E-state index in [1.165, 1.54) is 11.8 Å². The number of carbonyl (C=O) groups excluding carboxylic acids is 1. The van der Waals surface area contributed by atoms with Crippen LogP contribution in [0.4, 0.5) is 17.3 Å². The molecule has 0 atom stereocenters. The number of allylic oxidation sites excluding steroid dienone is 1. The second-order valence-corrected chi connectivity index (χ2v) is 8.75. The summed E-state index contributed by atoms with van der Waals surface area (Å²) in [6.45, 7) is 3.85. The molecule has 0 aliphatic carbocycles. The Bertz CT molecular complexity index is 1180. The van der Waals surface area contributed by atoms with Crippen molar-refractivity contribution in [1.29, 1.82) is 0 Å². The molecule has 1 aromatic heterocycles. The Hall–Kier alpha value is -3.85. The number of rotatable bonds is 8. The van der Waals surface area contributed by atoms with Gasteiger partial charge < -0.3 is 21.4 Å². The second-order valence-electron chi connectivity index (χ2n) is 7.71. The fourth-order valence-electron chi connectivity index (χ4n) is 3.33. The van der Waals surface area contributed by atoms with E-state index in [4.69, 9.17) is 10.8 Å². The maximum absolute atomic E-state index is 12.3. The Morgan fingerprint density at radius 3 is 2.53 bits per heavy atom.